The van der Waals surface area contributed by atoms with Gasteiger partial charge in [-0.1, -0.05) is 11.3 Å². The van der Waals surface area contributed by atoms with Crippen LogP contribution in [-0.4, -0.2) is 37.4 Å². The zero-order valence-electron chi connectivity index (χ0n) is 10.2. The summed E-state index contributed by atoms with van der Waals surface area (Å²) < 4.78 is 10.8. The maximum Gasteiger partial charge on any atom is 0.324 e. The minimum atomic E-state index is -0.365. The van der Waals surface area contributed by atoms with Crippen LogP contribution in [0.15, 0.2) is 12.1 Å². The van der Waals surface area contributed by atoms with E-state index in [9.17, 15) is 10.1 Å². The van der Waals surface area contributed by atoms with Crippen molar-refractivity contribution in [1.29, 1.82) is 0 Å². The van der Waals surface area contributed by atoms with E-state index in [4.69, 9.17) is 9.47 Å². The number of nitrogens with one attached hydrogen (secondary N) is 1. The van der Waals surface area contributed by atoms with Gasteiger partial charge in [-0.25, -0.2) is 0 Å². The molecule has 7 heteroatoms. The Balaban J connectivity index is 1.82. The molecule has 1 atom stereocenters. The molecule has 0 saturated carbocycles. The summed E-state index contributed by atoms with van der Waals surface area (Å²) in [5.74, 6) is 0. The molecule has 0 aliphatic carbocycles. The molecule has 100 valence electrons. The SMILES string of the molecule is COC1(CNCc2ccc([N+](=O)[O-])s2)CCOC1. The first-order chi connectivity index (χ1) is 8.65. The molecular weight excluding hydrogens is 256 g/mol. The number of nitrogens with zero attached hydrogens (tertiary/aromatic N) is 1. The molecule has 1 aliphatic heterocycles. The van der Waals surface area contributed by atoms with Gasteiger partial charge in [0.05, 0.1) is 11.5 Å². The molecule has 0 bridgehead atoms. The molecule has 1 fully saturated rings. The van der Waals surface area contributed by atoms with Crippen LogP contribution in [0.2, 0.25) is 0 Å². The van der Waals surface area contributed by atoms with Crippen LogP contribution in [0.5, 0.6) is 0 Å². The highest BCUT2D eigenvalue weighted by Gasteiger charge is 2.34. The van der Waals surface area contributed by atoms with Crippen molar-refractivity contribution in [3.05, 3.63) is 27.1 Å². The summed E-state index contributed by atoms with van der Waals surface area (Å²) in [6.45, 7) is 2.62. The van der Waals surface area contributed by atoms with E-state index in [2.05, 4.69) is 5.32 Å². The van der Waals surface area contributed by atoms with E-state index in [1.54, 1.807) is 13.2 Å². The lowest BCUT2D eigenvalue weighted by atomic mass is 10.0. The number of hydrogen-bond acceptors (Lipinski definition) is 6. The second kappa shape index (κ2) is 5.75. The predicted molar refractivity (Wildman–Crippen MR) is 67.9 cm³/mol. The van der Waals surface area contributed by atoms with Crippen molar-refractivity contribution in [2.24, 2.45) is 0 Å². The van der Waals surface area contributed by atoms with Crippen LogP contribution >= 0.6 is 11.3 Å². The number of rotatable bonds is 6. The number of hydrogen-bond donors (Lipinski definition) is 1. The van der Waals surface area contributed by atoms with E-state index in [1.165, 1.54) is 17.4 Å². The van der Waals surface area contributed by atoms with Gasteiger partial charge in [-0.05, 0) is 6.07 Å². The molecule has 0 amide bonds. The fourth-order valence-corrected chi connectivity index (χ4v) is 2.72. The molecule has 1 aliphatic rings. The van der Waals surface area contributed by atoms with Crippen molar-refractivity contribution in [2.75, 3.05) is 26.9 Å². The van der Waals surface area contributed by atoms with Gasteiger partial charge in [-0.15, -0.1) is 0 Å². The Morgan fingerprint density at radius 1 is 1.67 bits per heavy atom. The maximum absolute atomic E-state index is 10.6. The Hall–Kier alpha value is -1.02. The van der Waals surface area contributed by atoms with Gasteiger partial charge in [-0.3, -0.25) is 10.1 Å². The summed E-state index contributed by atoms with van der Waals surface area (Å²) in [5, 5.41) is 14.0. The molecule has 2 heterocycles. The van der Waals surface area contributed by atoms with Crippen molar-refractivity contribution >= 4 is 16.3 Å². The molecule has 1 saturated heterocycles. The average molecular weight is 272 g/mol. The van der Waals surface area contributed by atoms with E-state index in [0.29, 0.717) is 19.7 Å². The van der Waals surface area contributed by atoms with Gasteiger partial charge >= 0.3 is 5.00 Å². The molecular formula is C11H16N2O4S. The molecule has 0 aromatic carbocycles. The second-order valence-electron chi connectivity index (χ2n) is 4.29. The van der Waals surface area contributed by atoms with Crippen LogP contribution in [0, 0.1) is 10.1 Å². The zero-order chi connectivity index (χ0) is 13.0. The van der Waals surface area contributed by atoms with Crippen LogP contribution in [0.1, 0.15) is 11.3 Å². The smallest absolute Gasteiger partial charge is 0.324 e. The van der Waals surface area contributed by atoms with Crippen molar-refractivity contribution in [2.45, 2.75) is 18.6 Å². The minimum absolute atomic E-state index is 0.178. The summed E-state index contributed by atoms with van der Waals surface area (Å²) in [4.78, 5) is 11.1. The first-order valence-electron chi connectivity index (χ1n) is 5.72. The Morgan fingerprint density at radius 2 is 2.50 bits per heavy atom. The molecule has 2 rings (SSSR count). The van der Waals surface area contributed by atoms with Gasteiger partial charge in [0, 0.05) is 44.2 Å². The molecule has 1 unspecified atom stereocenters. The predicted octanol–water partition coefficient (Wildman–Crippen LogP) is 1.55. The van der Waals surface area contributed by atoms with Crippen LogP contribution in [0.3, 0.4) is 0 Å². The van der Waals surface area contributed by atoms with Crippen molar-refractivity contribution < 1.29 is 14.4 Å². The topological polar surface area (TPSA) is 73.6 Å². The quantitative estimate of drug-likeness (QED) is 0.628. The Bertz CT molecular complexity index is 415. The van der Waals surface area contributed by atoms with Crippen LogP contribution in [-0.2, 0) is 16.0 Å². The highest BCUT2D eigenvalue weighted by Crippen LogP contribution is 2.25. The molecule has 18 heavy (non-hydrogen) atoms. The van der Waals surface area contributed by atoms with Gasteiger partial charge in [0.15, 0.2) is 0 Å². The van der Waals surface area contributed by atoms with Crippen LogP contribution in [0.25, 0.3) is 0 Å². The lowest BCUT2D eigenvalue weighted by molar-refractivity contribution is -0.380. The number of thiophene rings is 1. The molecule has 0 radical (unpaired) electrons. The Labute approximate surface area is 109 Å². The third-order valence-electron chi connectivity index (χ3n) is 3.07. The summed E-state index contributed by atoms with van der Waals surface area (Å²) in [6.07, 6.45) is 0.876. The molecule has 6 nitrogen and oxygen atoms in total. The van der Waals surface area contributed by atoms with E-state index < -0.39 is 0 Å². The van der Waals surface area contributed by atoms with Crippen molar-refractivity contribution in [1.82, 2.24) is 5.32 Å². The normalized spacial score (nSPS) is 23.4. The molecule has 1 aromatic rings. The number of nitro groups is 1. The lowest BCUT2D eigenvalue weighted by Gasteiger charge is -2.25. The second-order valence-corrected chi connectivity index (χ2v) is 5.44. The minimum Gasteiger partial charge on any atom is -0.378 e. The third kappa shape index (κ3) is 3.05. The summed E-state index contributed by atoms with van der Waals surface area (Å²) in [5.41, 5.74) is -0.247. The molecule has 1 aromatic heterocycles. The fourth-order valence-electron chi connectivity index (χ4n) is 1.93. The highest BCUT2D eigenvalue weighted by atomic mass is 32.1. The largest absolute Gasteiger partial charge is 0.378 e. The van der Waals surface area contributed by atoms with E-state index in [-0.39, 0.29) is 15.5 Å². The standard InChI is InChI=1S/C11H16N2O4S/c1-16-11(4-5-17-8-11)7-12-6-9-2-3-10(18-9)13(14)15/h2-3,12H,4-8H2,1H3. The lowest BCUT2D eigenvalue weighted by Crippen LogP contribution is -2.42. The van der Waals surface area contributed by atoms with Gasteiger partial charge in [0.2, 0.25) is 0 Å². The summed E-state index contributed by atoms with van der Waals surface area (Å²) >= 11 is 1.20. The van der Waals surface area contributed by atoms with E-state index in [1.807, 2.05) is 0 Å². The van der Waals surface area contributed by atoms with Crippen LogP contribution < -0.4 is 5.32 Å². The van der Waals surface area contributed by atoms with Gasteiger partial charge in [0.25, 0.3) is 0 Å². The maximum atomic E-state index is 10.6. The van der Waals surface area contributed by atoms with Crippen molar-refractivity contribution in [3.8, 4) is 0 Å². The van der Waals surface area contributed by atoms with E-state index in [0.717, 1.165) is 17.9 Å². The van der Waals surface area contributed by atoms with Gasteiger partial charge in [0.1, 0.15) is 5.60 Å². The zero-order valence-corrected chi connectivity index (χ0v) is 11.0. The number of methoxy groups -OCH3 is 1. The van der Waals surface area contributed by atoms with Crippen molar-refractivity contribution in [3.63, 3.8) is 0 Å². The monoisotopic (exact) mass is 272 g/mol. The third-order valence-corrected chi connectivity index (χ3v) is 4.11. The highest BCUT2D eigenvalue weighted by molar-refractivity contribution is 7.15. The molecule has 0 spiro atoms. The fraction of sp³-hybridized carbons (Fsp3) is 0.636. The first-order valence-corrected chi connectivity index (χ1v) is 6.54. The van der Waals surface area contributed by atoms with Crippen LogP contribution in [0.4, 0.5) is 5.00 Å². The average Bonchev–Trinajstić information content (AvgIpc) is 2.98. The van der Waals surface area contributed by atoms with Gasteiger partial charge < -0.3 is 14.8 Å². The Kier molecular flexibility index (Phi) is 4.28. The summed E-state index contributed by atoms with van der Waals surface area (Å²) in [6, 6.07) is 3.31. The van der Waals surface area contributed by atoms with E-state index >= 15 is 0 Å². The first kappa shape index (κ1) is 13.4. The Morgan fingerprint density at radius 3 is 3.06 bits per heavy atom. The summed E-state index contributed by atoms with van der Waals surface area (Å²) in [7, 11) is 1.69. The van der Waals surface area contributed by atoms with Gasteiger partial charge in [-0.2, -0.15) is 0 Å². The number of ether oxygens (including phenoxy) is 2. The molecule has 1 N–H and O–H groups in total.